The van der Waals surface area contributed by atoms with Crippen molar-refractivity contribution < 1.29 is 4.57 Å². The molecule has 0 aromatic carbocycles. The molecule has 0 saturated heterocycles. The van der Waals surface area contributed by atoms with Crippen molar-refractivity contribution in [3.63, 3.8) is 0 Å². The van der Waals surface area contributed by atoms with Crippen molar-refractivity contribution in [2.45, 2.75) is 239 Å². The summed E-state index contributed by atoms with van der Waals surface area (Å²) in [6.45, 7) is 9.27. The van der Waals surface area contributed by atoms with E-state index in [4.69, 9.17) is 0 Å². The molecule has 0 aliphatic rings. The second kappa shape index (κ2) is 30.2. The molecule has 0 saturated carbocycles. The van der Waals surface area contributed by atoms with E-state index in [9.17, 15) is 0 Å². The van der Waals surface area contributed by atoms with Gasteiger partial charge in [0.05, 0.1) is 12.0 Å². The van der Waals surface area contributed by atoms with Gasteiger partial charge in [0.25, 0.3) is 5.82 Å². The maximum Gasteiger partial charge on any atom is 0.257 e. The van der Waals surface area contributed by atoms with Crippen LogP contribution in [0.4, 0.5) is 0 Å². The molecule has 0 radical (unpaired) electrons. The fraction of sp³-hybridized carbons (Fsp3) is 0.925. The molecule has 0 amide bonds. The maximum absolute atomic E-state index is 3.65. The topological polar surface area (TPSA) is 19.7 Å². The van der Waals surface area contributed by atoms with Crippen LogP contribution in [-0.2, 0) is 0 Å². The molecule has 0 fully saturated rings. The van der Waals surface area contributed by atoms with Gasteiger partial charge in [-0.1, -0.05) is 200 Å². The van der Waals surface area contributed by atoms with E-state index in [1.165, 1.54) is 205 Å². The molecule has 1 atom stereocenters. The maximum atomic E-state index is 3.65. The molecule has 2 nitrogen and oxygen atoms in total. The van der Waals surface area contributed by atoms with E-state index < -0.39 is 0 Å². The Morgan fingerprint density at radius 2 is 0.738 bits per heavy atom. The Labute approximate surface area is 266 Å². The van der Waals surface area contributed by atoms with Crippen molar-refractivity contribution in [3.8, 4) is 0 Å². The Balaban J connectivity index is 2.10. The molecule has 2 heteroatoms. The molecule has 1 rings (SSSR count). The summed E-state index contributed by atoms with van der Waals surface area (Å²) in [5.74, 6) is 2.20. The first-order valence-corrected chi connectivity index (χ1v) is 19.8. The normalized spacial score (nSPS) is 12.5. The van der Waals surface area contributed by atoms with Gasteiger partial charge in [0, 0.05) is 0 Å². The van der Waals surface area contributed by atoms with Gasteiger partial charge in [0.1, 0.15) is 12.4 Å². The zero-order valence-electron chi connectivity index (χ0n) is 29.7. The summed E-state index contributed by atoms with van der Waals surface area (Å²) >= 11 is 0. The first kappa shape index (κ1) is 39.2. The summed E-state index contributed by atoms with van der Waals surface area (Å²) in [6.07, 6.45) is 49.2. The first-order chi connectivity index (χ1) is 20.7. The lowest BCUT2D eigenvalue weighted by Crippen LogP contribution is -2.39. The number of aromatic amines is 1. The van der Waals surface area contributed by atoms with Crippen LogP contribution >= 0.6 is 0 Å². The van der Waals surface area contributed by atoms with E-state index in [0.717, 1.165) is 0 Å². The Hall–Kier alpha value is -0.790. The minimum atomic E-state index is 0.547. The predicted octanol–water partition coefficient (Wildman–Crippen LogP) is 14.1. The number of nitrogens with one attached hydrogen (secondary N) is 1. The largest absolute Gasteiger partial charge is 0.257 e. The number of rotatable bonds is 33. The van der Waals surface area contributed by atoms with Crippen molar-refractivity contribution in [3.05, 3.63) is 18.2 Å². The van der Waals surface area contributed by atoms with Crippen LogP contribution in [0.25, 0.3) is 0 Å². The summed E-state index contributed by atoms with van der Waals surface area (Å²) < 4.78 is 2.50. The summed E-state index contributed by atoms with van der Waals surface area (Å²) in [6, 6.07) is 0.547. The lowest BCUT2D eigenvalue weighted by atomic mass is 9.93. The van der Waals surface area contributed by atoms with Gasteiger partial charge in [-0.15, -0.1) is 0 Å². The Bertz CT molecular complexity index is 648. The minimum absolute atomic E-state index is 0.547. The molecule has 1 aromatic heterocycles. The zero-order chi connectivity index (χ0) is 30.4. The van der Waals surface area contributed by atoms with Gasteiger partial charge in [-0.05, 0) is 26.7 Å². The highest BCUT2D eigenvalue weighted by Crippen LogP contribution is 2.27. The van der Waals surface area contributed by atoms with Crippen molar-refractivity contribution in [1.82, 2.24) is 4.98 Å². The average molecular weight is 588 g/mol. The van der Waals surface area contributed by atoms with E-state index in [1.54, 1.807) is 0 Å². The van der Waals surface area contributed by atoms with Crippen LogP contribution in [0.5, 0.6) is 0 Å². The quantitative estimate of drug-likeness (QED) is 0.0623. The standard InChI is InChI=1S/C40H78N2/c1-5-7-9-11-13-15-17-19-20-21-23-25-27-29-31-33-35-39(40-41-36-37-42(40)38(3)4)34-32-30-28-26-24-22-18-16-14-12-10-8-6-2/h36-39H,5-35H2,1-4H3/p+1/t39-/m0/s1. The van der Waals surface area contributed by atoms with Crippen molar-refractivity contribution in [2.75, 3.05) is 0 Å². The minimum Gasteiger partial charge on any atom is -0.247 e. The monoisotopic (exact) mass is 588 g/mol. The highest BCUT2D eigenvalue weighted by Gasteiger charge is 2.23. The number of unbranched alkanes of at least 4 members (excludes halogenated alkanes) is 27. The lowest BCUT2D eigenvalue weighted by molar-refractivity contribution is -0.723. The van der Waals surface area contributed by atoms with Crippen molar-refractivity contribution in [2.24, 2.45) is 0 Å². The van der Waals surface area contributed by atoms with Crippen molar-refractivity contribution >= 4 is 0 Å². The summed E-state index contributed by atoms with van der Waals surface area (Å²) in [5, 5.41) is 0. The van der Waals surface area contributed by atoms with Crippen LogP contribution in [0, 0.1) is 0 Å². The Morgan fingerprint density at radius 3 is 1.02 bits per heavy atom. The molecule has 0 bridgehead atoms. The molecule has 1 aromatic rings. The molecular weight excluding hydrogens is 508 g/mol. The Kier molecular flexibility index (Phi) is 28.3. The number of hydrogen-bond donors (Lipinski definition) is 1. The molecule has 42 heavy (non-hydrogen) atoms. The van der Waals surface area contributed by atoms with Gasteiger partial charge in [-0.25, -0.2) is 9.55 Å². The molecule has 248 valence electrons. The zero-order valence-corrected chi connectivity index (χ0v) is 29.7. The summed E-state index contributed by atoms with van der Waals surface area (Å²) in [4.78, 5) is 3.65. The van der Waals surface area contributed by atoms with Crippen LogP contribution in [0.2, 0.25) is 0 Å². The van der Waals surface area contributed by atoms with Gasteiger partial charge >= 0.3 is 0 Å². The number of hydrogen-bond acceptors (Lipinski definition) is 0. The molecule has 0 spiro atoms. The number of H-pyrrole nitrogens is 1. The molecule has 0 aliphatic carbocycles. The van der Waals surface area contributed by atoms with E-state index >= 15 is 0 Å². The predicted molar refractivity (Wildman–Crippen MR) is 189 cm³/mol. The third-order valence-corrected chi connectivity index (χ3v) is 9.75. The second-order valence-corrected chi connectivity index (χ2v) is 14.2. The highest BCUT2D eigenvalue weighted by atomic mass is 15.1. The van der Waals surface area contributed by atoms with E-state index in [1.807, 2.05) is 0 Å². The fourth-order valence-corrected chi connectivity index (χ4v) is 6.90. The van der Waals surface area contributed by atoms with Crippen LogP contribution in [0.1, 0.15) is 245 Å². The molecular formula is C40H79N2+. The van der Waals surface area contributed by atoms with Gasteiger partial charge in [-0.2, -0.15) is 0 Å². The third-order valence-electron chi connectivity index (χ3n) is 9.75. The van der Waals surface area contributed by atoms with Crippen LogP contribution in [0.15, 0.2) is 12.4 Å². The Morgan fingerprint density at radius 1 is 0.452 bits per heavy atom. The van der Waals surface area contributed by atoms with Gasteiger partial charge in [-0.3, -0.25) is 0 Å². The fourth-order valence-electron chi connectivity index (χ4n) is 6.90. The smallest absolute Gasteiger partial charge is 0.247 e. The molecule has 0 unspecified atom stereocenters. The third kappa shape index (κ3) is 22.7. The van der Waals surface area contributed by atoms with Crippen LogP contribution in [-0.4, -0.2) is 4.98 Å². The highest BCUT2D eigenvalue weighted by molar-refractivity contribution is 4.90. The summed E-state index contributed by atoms with van der Waals surface area (Å²) in [5.41, 5.74) is 0. The van der Waals surface area contributed by atoms with E-state index in [-0.39, 0.29) is 0 Å². The van der Waals surface area contributed by atoms with Gasteiger partial charge in [0.15, 0.2) is 0 Å². The van der Waals surface area contributed by atoms with Gasteiger partial charge in [0.2, 0.25) is 0 Å². The second-order valence-electron chi connectivity index (χ2n) is 14.2. The molecule has 0 aliphatic heterocycles. The summed E-state index contributed by atoms with van der Waals surface area (Å²) in [7, 11) is 0. The lowest BCUT2D eigenvalue weighted by Gasteiger charge is -2.15. The first-order valence-electron chi connectivity index (χ1n) is 19.8. The number of nitrogens with zero attached hydrogens (tertiary/aromatic N) is 1. The molecule has 1 heterocycles. The van der Waals surface area contributed by atoms with E-state index in [0.29, 0.717) is 12.0 Å². The number of imidazole rings is 1. The average Bonchev–Trinajstić information content (AvgIpc) is 3.48. The van der Waals surface area contributed by atoms with Crippen LogP contribution < -0.4 is 4.57 Å². The van der Waals surface area contributed by atoms with Crippen LogP contribution in [0.3, 0.4) is 0 Å². The number of aromatic nitrogens is 2. The van der Waals surface area contributed by atoms with Crippen molar-refractivity contribution in [1.29, 1.82) is 0 Å². The SMILES string of the molecule is CCCCCCCCCCCCCCCCCC[C@H](CCCCCCCCCCCCCCC)c1[nH]cc[n+]1C(C)C. The molecule has 1 N–H and O–H groups in total. The van der Waals surface area contributed by atoms with E-state index in [2.05, 4.69) is 49.6 Å². The van der Waals surface area contributed by atoms with Gasteiger partial charge < -0.3 is 0 Å².